The number of nitrogens with one attached hydrogen (secondary N) is 2. The molecule has 0 spiro atoms. The van der Waals surface area contributed by atoms with Gasteiger partial charge in [0.1, 0.15) is 0 Å². The fourth-order valence-corrected chi connectivity index (χ4v) is 2.59. The number of aromatic nitrogens is 2. The Bertz CT molecular complexity index is 549. The van der Waals surface area contributed by atoms with Crippen LogP contribution in [0.2, 0.25) is 0 Å². The lowest BCUT2D eigenvalue weighted by Crippen LogP contribution is -2.14. The summed E-state index contributed by atoms with van der Waals surface area (Å²) in [6, 6.07) is 3.35. The van der Waals surface area contributed by atoms with Crippen LogP contribution < -0.4 is 5.32 Å². The number of aryl methyl sites for hydroxylation is 2. The van der Waals surface area contributed by atoms with Crippen LogP contribution in [0, 0.1) is 17.0 Å². The number of H-pyrrole nitrogens is 1. The zero-order valence-corrected chi connectivity index (χ0v) is 11.5. The second-order valence-corrected chi connectivity index (χ2v) is 5.44. The highest BCUT2D eigenvalue weighted by Crippen LogP contribution is 2.23. The van der Waals surface area contributed by atoms with Crippen molar-refractivity contribution >= 4 is 16.3 Å². The van der Waals surface area contributed by atoms with E-state index in [2.05, 4.69) is 15.5 Å². The molecule has 0 saturated heterocycles. The van der Waals surface area contributed by atoms with E-state index in [0.29, 0.717) is 6.54 Å². The van der Waals surface area contributed by atoms with E-state index in [1.807, 2.05) is 13.1 Å². The molecular weight excluding hydrogens is 264 g/mol. The summed E-state index contributed by atoms with van der Waals surface area (Å²) < 4.78 is 0. The molecule has 0 atom stereocenters. The smallest absolute Gasteiger partial charge is 0.312 e. The average Bonchev–Trinajstić information content (AvgIpc) is 2.99. The van der Waals surface area contributed by atoms with Gasteiger partial charge in [0.2, 0.25) is 0 Å². The molecular formula is C12H16N4O2S. The molecule has 0 fully saturated rings. The number of rotatable bonds is 7. The van der Waals surface area contributed by atoms with Crippen LogP contribution in [0.4, 0.5) is 5.00 Å². The molecule has 102 valence electrons. The van der Waals surface area contributed by atoms with E-state index in [-0.39, 0.29) is 9.92 Å². The monoisotopic (exact) mass is 280 g/mol. The van der Waals surface area contributed by atoms with Crippen LogP contribution in [0.15, 0.2) is 18.3 Å². The van der Waals surface area contributed by atoms with Crippen LogP contribution in [0.1, 0.15) is 22.6 Å². The molecule has 0 aliphatic carbocycles. The third kappa shape index (κ3) is 3.87. The van der Waals surface area contributed by atoms with E-state index in [0.717, 1.165) is 30.0 Å². The van der Waals surface area contributed by atoms with Crippen molar-refractivity contribution in [3.8, 4) is 0 Å². The molecule has 0 amide bonds. The van der Waals surface area contributed by atoms with Gasteiger partial charge in [0, 0.05) is 23.2 Å². The summed E-state index contributed by atoms with van der Waals surface area (Å²) in [6.45, 7) is 3.58. The molecule has 0 saturated carbocycles. The number of nitrogens with zero attached hydrogens (tertiary/aromatic N) is 2. The van der Waals surface area contributed by atoms with Gasteiger partial charge in [-0.25, -0.2) is 0 Å². The molecule has 0 bridgehead atoms. The van der Waals surface area contributed by atoms with Crippen LogP contribution >= 0.6 is 11.3 Å². The van der Waals surface area contributed by atoms with Crippen LogP contribution in [-0.4, -0.2) is 21.7 Å². The van der Waals surface area contributed by atoms with Gasteiger partial charge in [0.05, 0.1) is 11.1 Å². The summed E-state index contributed by atoms with van der Waals surface area (Å²) in [6.07, 6.45) is 3.87. The van der Waals surface area contributed by atoms with Crippen molar-refractivity contribution in [3.05, 3.63) is 44.6 Å². The molecule has 6 nitrogen and oxygen atoms in total. The standard InChI is InChI=1S/C12H16N4O2S/c1-9-10(7-14-15-9)3-2-6-13-8-11-4-5-12(19-11)16(17)18/h4-5,7,13H,2-3,6,8H2,1H3,(H,14,15). The first-order chi connectivity index (χ1) is 9.16. The van der Waals surface area contributed by atoms with Crippen molar-refractivity contribution in [2.75, 3.05) is 6.54 Å². The lowest BCUT2D eigenvalue weighted by atomic mass is 10.1. The molecule has 0 aliphatic rings. The van der Waals surface area contributed by atoms with E-state index in [1.165, 1.54) is 16.9 Å². The molecule has 0 aromatic carbocycles. The van der Waals surface area contributed by atoms with Crippen molar-refractivity contribution in [1.82, 2.24) is 15.5 Å². The Morgan fingerprint density at radius 3 is 3.00 bits per heavy atom. The van der Waals surface area contributed by atoms with Crippen molar-refractivity contribution in [3.63, 3.8) is 0 Å². The Morgan fingerprint density at radius 2 is 2.37 bits per heavy atom. The maximum Gasteiger partial charge on any atom is 0.324 e. The topological polar surface area (TPSA) is 83.8 Å². The van der Waals surface area contributed by atoms with Crippen molar-refractivity contribution in [1.29, 1.82) is 0 Å². The minimum Gasteiger partial charge on any atom is -0.312 e. The molecule has 2 aromatic rings. The lowest BCUT2D eigenvalue weighted by Gasteiger charge is -2.02. The van der Waals surface area contributed by atoms with Crippen molar-refractivity contribution < 1.29 is 4.92 Å². The van der Waals surface area contributed by atoms with Crippen LogP contribution in [0.25, 0.3) is 0 Å². The van der Waals surface area contributed by atoms with E-state index >= 15 is 0 Å². The van der Waals surface area contributed by atoms with E-state index in [9.17, 15) is 10.1 Å². The molecule has 2 aromatic heterocycles. The maximum absolute atomic E-state index is 10.5. The Morgan fingerprint density at radius 1 is 1.53 bits per heavy atom. The van der Waals surface area contributed by atoms with E-state index < -0.39 is 0 Å². The summed E-state index contributed by atoms with van der Waals surface area (Å²) in [7, 11) is 0. The van der Waals surface area contributed by atoms with Gasteiger partial charge in [-0.1, -0.05) is 11.3 Å². The molecule has 19 heavy (non-hydrogen) atoms. The number of hydrogen-bond donors (Lipinski definition) is 2. The van der Waals surface area contributed by atoms with Crippen LogP contribution in [0.3, 0.4) is 0 Å². The van der Waals surface area contributed by atoms with Gasteiger partial charge < -0.3 is 5.32 Å². The molecule has 0 unspecified atom stereocenters. The summed E-state index contributed by atoms with van der Waals surface area (Å²) in [5.41, 5.74) is 2.36. The summed E-state index contributed by atoms with van der Waals surface area (Å²) in [5.74, 6) is 0. The second-order valence-electron chi connectivity index (χ2n) is 4.30. The summed E-state index contributed by atoms with van der Waals surface area (Å²) in [5, 5.41) is 20.9. The van der Waals surface area contributed by atoms with Gasteiger partial charge in [0.25, 0.3) is 0 Å². The lowest BCUT2D eigenvalue weighted by molar-refractivity contribution is -0.380. The Kier molecular flexibility index (Phi) is 4.64. The third-order valence-corrected chi connectivity index (χ3v) is 3.90. The minimum atomic E-state index is -0.351. The number of hydrogen-bond acceptors (Lipinski definition) is 5. The van der Waals surface area contributed by atoms with Crippen LogP contribution in [-0.2, 0) is 13.0 Å². The van der Waals surface area contributed by atoms with E-state index in [1.54, 1.807) is 12.1 Å². The highest BCUT2D eigenvalue weighted by atomic mass is 32.1. The minimum absolute atomic E-state index is 0.200. The van der Waals surface area contributed by atoms with Gasteiger partial charge in [-0.3, -0.25) is 15.2 Å². The van der Waals surface area contributed by atoms with Crippen LogP contribution in [0.5, 0.6) is 0 Å². The van der Waals surface area contributed by atoms with Gasteiger partial charge >= 0.3 is 5.00 Å². The van der Waals surface area contributed by atoms with Crippen molar-refractivity contribution in [2.45, 2.75) is 26.3 Å². The van der Waals surface area contributed by atoms with Gasteiger partial charge in [-0.2, -0.15) is 5.10 Å². The SMILES string of the molecule is Cc1[nH]ncc1CCCNCc1ccc([N+](=O)[O-])s1. The average molecular weight is 280 g/mol. The van der Waals surface area contributed by atoms with Gasteiger partial charge in [-0.15, -0.1) is 0 Å². The van der Waals surface area contributed by atoms with E-state index in [4.69, 9.17) is 0 Å². The predicted molar refractivity (Wildman–Crippen MR) is 74.3 cm³/mol. The highest BCUT2D eigenvalue weighted by Gasteiger charge is 2.08. The largest absolute Gasteiger partial charge is 0.324 e. The van der Waals surface area contributed by atoms with Crippen molar-refractivity contribution in [2.24, 2.45) is 0 Å². The molecule has 0 aliphatic heterocycles. The summed E-state index contributed by atoms with van der Waals surface area (Å²) >= 11 is 1.22. The first kappa shape index (κ1) is 13.7. The fourth-order valence-electron chi connectivity index (χ4n) is 1.80. The molecule has 0 radical (unpaired) electrons. The number of thiophene rings is 1. The molecule has 2 heterocycles. The quantitative estimate of drug-likeness (QED) is 0.463. The first-order valence-electron chi connectivity index (χ1n) is 6.09. The molecule has 2 rings (SSSR count). The Hall–Kier alpha value is -1.73. The molecule has 7 heteroatoms. The van der Waals surface area contributed by atoms with Gasteiger partial charge in [0.15, 0.2) is 0 Å². The maximum atomic E-state index is 10.5. The normalized spacial score (nSPS) is 10.8. The third-order valence-electron chi connectivity index (χ3n) is 2.86. The molecule has 2 N–H and O–H groups in total. The summed E-state index contributed by atoms with van der Waals surface area (Å²) in [4.78, 5) is 11.2. The second kappa shape index (κ2) is 6.44. The fraction of sp³-hybridized carbons (Fsp3) is 0.417. The number of nitro groups is 1. The zero-order valence-electron chi connectivity index (χ0n) is 10.7. The Labute approximate surface area is 115 Å². The predicted octanol–water partition coefficient (Wildman–Crippen LogP) is 2.41. The first-order valence-corrected chi connectivity index (χ1v) is 6.91. The Balaban J connectivity index is 1.66. The highest BCUT2D eigenvalue weighted by molar-refractivity contribution is 7.15. The number of aromatic amines is 1. The van der Waals surface area contributed by atoms with Gasteiger partial charge in [-0.05, 0) is 37.9 Å². The zero-order chi connectivity index (χ0) is 13.7.